The quantitative estimate of drug-likeness (QED) is 0.128. The third kappa shape index (κ3) is 5.99. The molecule has 3 aromatic heterocycles. The first-order chi connectivity index (χ1) is 24.7. The molecule has 2 aliphatic rings. The van der Waals surface area contributed by atoms with Crippen LogP contribution in [-0.4, -0.2) is 58.1 Å². The second-order valence-electron chi connectivity index (χ2n) is 15.6. The number of benzene rings is 2. The van der Waals surface area contributed by atoms with E-state index >= 15 is 8.78 Å². The van der Waals surface area contributed by atoms with Gasteiger partial charge in [0.05, 0.1) is 23.3 Å². The van der Waals surface area contributed by atoms with Crippen LogP contribution in [-0.2, 0) is 7.05 Å². The zero-order chi connectivity index (χ0) is 37.2. The molecule has 52 heavy (non-hydrogen) atoms. The van der Waals surface area contributed by atoms with Crippen LogP contribution in [0.25, 0.3) is 32.8 Å². The first kappa shape index (κ1) is 35.9. The number of nitrogens with one attached hydrogen (secondary N) is 1. The Morgan fingerprint density at radius 1 is 0.942 bits per heavy atom. The van der Waals surface area contributed by atoms with Crippen LogP contribution >= 0.6 is 0 Å². The van der Waals surface area contributed by atoms with Crippen LogP contribution in [0.15, 0.2) is 36.7 Å². The summed E-state index contributed by atoms with van der Waals surface area (Å²) in [6, 6.07) is 6.60. The Morgan fingerprint density at radius 3 is 2.23 bits per heavy atom. The highest BCUT2D eigenvalue weighted by atomic mass is 28.3. The van der Waals surface area contributed by atoms with E-state index < -0.39 is 19.7 Å². The minimum absolute atomic E-state index is 0.0685. The Hall–Kier alpha value is -4.53. The molecule has 0 radical (unpaired) electrons. The summed E-state index contributed by atoms with van der Waals surface area (Å²) in [5.74, 6) is 3.30. The number of halogens is 2. The number of ether oxygens (including phenoxy) is 1. The van der Waals surface area contributed by atoms with Gasteiger partial charge in [-0.05, 0) is 72.5 Å². The lowest BCUT2D eigenvalue weighted by Crippen LogP contribution is -2.51. The second kappa shape index (κ2) is 13.5. The number of hydrogen-bond acceptors (Lipinski definition) is 7. The average molecular weight is 723 g/mol. The van der Waals surface area contributed by atoms with Crippen LogP contribution in [0, 0.1) is 36.9 Å². The fourth-order valence-corrected chi connectivity index (χ4v) is 14.1. The summed E-state index contributed by atoms with van der Waals surface area (Å²) in [4.78, 5) is 12.2. The number of phenols is 1. The van der Waals surface area contributed by atoms with E-state index in [0.717, 1.165) is 25.9 Å². The molecule has 0 aliphatic carbocycles. The van der Waals surface area contributed by atoms with Gasteiger partial charge < -0.3 is 20.1 Å². The van der Waals surface area contributed by atoms with Crippen molar-refractivity contribution in [2.75, 3.05) is 18.0 Å². The summed E-state index contributed by atoms with van der Waals surface area (Å²) in [5.41, 5.74) is 6.30. The lowest BCUT2D eigenvalue weighted by Gasteiger charge is -2.38. The molecule has 0 saturated carbocycles. The number of nitrogens with zero attached hydrogens (tertiary/aromatic N) is 5. The average Bonchev–Trinajstić information content (AvgIpc) is 3.65. The molecule has 5 aromatic rings. The van der Waals surface area contributed by atoms with Crippen molar-refractivity contribution < 1.29 is 18.6 Å². The Balaban J connectivity index is 1.54. The molecule has 0 amide bonds. The summed E-state index contributed by atoms with van der Waals surface area (Å²) in [6.45, 7) is 18.4. The Morgan fingerprint density at radius 2 is 1.62 bits per heavy atom. The van der Waals surface area contributed by atoms with Gasteiger partial charge in [0.25, 0.3) is 0 Å². The Kier molecular flexibility index (Phi) is 9.28. The molecule has 272 valence electrons. The number of aromatic hydroxyl groups is 1. The van der Waals surface area contributed by atoms with Gasteiger partial charge in [0.15, 0.2) is 11.6 Å². The van der Waals surface area contributed by atoms with E-state index in [2.05, 4.69) is 68.3 Å². The van der Waals surface area contributed by atoms with Gasteiger partial charge in [-0.2, -0.15) is 5.10 Å². The molecule has 2 aliphatic heterocycles. The smallest absolute Gasteiger partial charge is 0.231 e. The van der Waals surface area contributed by atoms with Crippen LogP contribution in [0.5, 0.6) is 17.4 Å². The largest absolute Gasteiger partial charge is 0.508 e. The van der Waals surface area contributed by atoms with Gasteiger partial charge in [-0.15, -0.1) is 5.54 Å². The molecule has 2 atom stereocenters. The van der Waals surface area contributed by atoms with E-state index in [1.54, 1.807) is 36.3 Å². The van der Waals surface area contributed by atoms with E-state index in [1.165, 1.54) is 12.1 Å². The number of aryl methyl sites for hydroxylation is 3. The van der Waals surface area contributed by atoms with E-state index in [-0.39, 0.29) is 28.5 Å². The number of anilines is 1. The summed E-state index contributed by atoms with van der Waals surface area (Å²) in [6.07, 6.45) is 5.44. The summed E-state index contributed by atoms with van der Waals surface area (Å²) in [5, 5.41) is 20.7. The second-order valence-corrected chi connectivity index (χ2v) is 21.2. The minimum Gasteiger partial charge on any atom is -0.508 e. The van der Waals surface area contributed by atoms with Gasteiger partial charge in [0.2, 0.25) is 5.88 Å². The normalized spacial score (nSPS) is 17.5. The fourth-order valence-electron chi connectivity index (χ4n) is 8.93. The van der Waals surface area contributed by atoms with Crippen molar-refractivity contribution in [2.24, 2.45) is 7.05 Å². The van der Waals surface area contributed by atoms with Gasteiger partial charge in [0.1, 0.15) is 31.2 Å². The third-order valence-electron chi connectivity index (χ3n) is 11.5. The first-order valence-corrected chi connectivity index (χ1v) is 20.6. The van der Waals surface area contributed by atoms with Crippen molar-refractivity contribution in [3.8, 4) is 40.1 Å². The SMILES string of the molecule is Cc1nc(N2CC3CCC(C2)N3)c2c(Oc3cnn(C)c3)nc(-c3cc(O)cc4ccc(F)c(C#C[Si](C(C)C)(C(C)C)C(C)C)c34)c(F)c2c1C. The third-order valence-corrected chi connectivity index (χ3v) is 17.8. The van der Waals surface area contributed by atoms with Crippen molar-refractivity contribution in [3.63, 3.8) is 0 Å². The number of fused-ring (bicyclic) bond motifs is 4. The van der Waals surface area contributed by atoms with Crippen LogP contribution in [0.3, 0.4) is 0 Å². The van der Waals surface area contributed by atoms with Gasteiger partial charge in [0, 0.05) is 54.3 Å². The van der Waals surface area contributed by atoms with Gasteiger partial charge in [-0.25, -0.2) is 18.7 Å². The molecule has 2 saturated heterocycles. The Bertz CT molecular complexity index is 2240. The van der Waals surface area contributed by atoms with E-state index in [4.69, 9.17) is 14.7 Å². The molecule has 11 heteroatoms. The van der Waals surface area contributed by atoms with Crippen molar-refractivity contribution in [3.05, 3.63) is 65.1 Å². The topological polar surface area (TPSA) is 88.3 Å². The monoisotopic (exact) mass is 722 g/mol. The van der Waals surface area contributed by atoms with Gasteiger partial charge in [-0.1, -0.05) is 53.5 Å². The Labute approximate surface area is 305 Å². The molecular weight excluding hydrogens is 675 g/mol. The van der Waals surface area contributed by atoms with E-state index in [0.29, 0.717) is 73.1 Å². The molecule has 7 rings (SSSR count). The predicted molar refractivity (Wildman–Crippen MR) is 207 cm³/mol. The summed E-state index contributed by atoms with van der Waals surface area (Å²) < 4.78 is 41.9. The van der Waals surface area contributed by atoms with E-state index in [1.807, 2.05) is 13.8 Å². The molecule has 2 unspecified atom stereocenters. The molecule has 0 spiro atoms. The maximum absolute atomic E-state index is 17.6. The first-order valence-electron chi connectivity index (χ1n) is 18.4. The molecule has 2 fully saturated rings. The molecule has 8 nitrogen and oxygen atoms in total. The van der Waals surface area contributed by atoms with Gasteiger partial charge >= 0.3 is 0 Å². The molecule has 2 bridgehead atoms. The molecule has 2 N–H and O–H groups in total. The van der Waals surface area contributed by atoms with Crippen LogP contribution in [0.1, 0.15) is 71.2 Å². The van der Waals surface area contributed by atoms with Crippen molar-refractivity contribution >= 4 is 35.4 Å². The van der Waals surface area contributed by atoms with Crippen LogP contribution in [0.4, 0.5) is 14.6 Å². The maximum atomic E-state index is 17.6. The fraction of sp³-hybridized carbons (Fsp3) is 0.439. The molecule has 2 aromatic carbocycles. The summed E-state index contributed by atoms with van der Waals surface area (Å²) >= 11 is 0. The molecule has 5 heterocycles. The number of piperazine rings is 1. The van der Waals surface area contributed by atoms with Crippen molar-refractivity contribution in [1.29, 1.82) is 0 Å². The lowest BCUT2D eigenvalue weighted by molar-refractivity contribution is 0.458. The standard InChI is InChI=1S/C41H48F2N6O2Si/c1-22(2)52(23(3)4,24(5)6)15-14-32-34(42)13-10-27-16-30(50)17-33(36(27)32)39-38(43)35-25(7)26(8)45-40(49-19-28-11-12-29(20-49)46-28)37(35)41(47-39)51-31-18-44-48(9)21-31/h10,13,16-18,21-24,28-29,46,50H,11-12,19-20H2,1-9H3. The lowest BCUT2D eigenvalue weighted by atomic mass is 9.94. The highest BCUT2D eigenvalue weighted by Crippen LogP contribution is 2.45. The maximum Gasteiger partial charge on any atom is 0.231 e. The number of rotatable bonds is 7. The number of hydrogen-bond donors (Lipinski definition) is 2. The van der Waals surface area contributed by atoms with Crippen molar-refractivity contribution in [1.82, 2.24) is 25.1 Å². The van der Waals surface area contributed by atoms with Gasteiger partial charge in [-0.3, -0.25) is 4.68 Å². The highest BCUT2D eigenvalue weighted by molar-refractivity contribution is 6.90. The number of phenolic OH excluding ortho intramolecular Hbond substituents is 1. The van der Waals surface area contributed by atoms with Crippen molar-refractivity contribution in [2.45, 2.75) is 96.9 Å². The zero-order valence-corrected chi connectivity index (χ0v) is 32.5. The van der Waals surface area contributed by atoms with Crippen LogP contribution in [0.2, 0.25) is 16.6 Å². The minimum atomic E-state index is -2.28. The number of aromatic nitrogens is 4. The predicted octanol–water partition coefficient (Wildman–Crippen LogP) is 9.09. The highest BCUT2D eigenvalue weighted by Gasteiger charge is 2.42. The van der Waals surface area contributed by atoms with Crippen LogP contribution < -0.4 is 15.0 Å². The number of pyridine rings is 2. The zero-order valence-electron chi connectivity index (χ0n) is 31.5. The summed E-state index contributed by atoms with van der Waals surface area (Å²) in [7, 11) is -0.490. The molecular formula is C41H48F2N6O2Si. The van der Waals surface area contributed by atoms with E-state index in [9.17, 15) is 5.11 Å².